The van der Waals surface area contributed by atoms with E-state index in [0.29, 0.717) is 0 Å². The normalized spacial score (nSPS) is 18.7. The van der Waals surface area contributed by atoms with Gasteiger partial charge in [-0.05, 0) is 51.2 Å². The number of hydrogen-bond acceptors (Lipinski definition) is 4. The van der Waals surface area contributed by atoms with E-state index in [1.165, 1.54) is 43.1 Å². The number of nitrogens with zero attached hydrogens (tertiary/aromatic N) is 2. The summed E-state index contributed by atoms with van der Waals surface area (Å²) < 4.78 is 0. The van der Waals surface area contributed by atoms with E-state index in [1.807, 2.05) is 11.3 Å². The zero-order valence-electron chi connectivity index (χ0n) is 10.7. The summed E-state index contributed by atoms with van der Waals surface area (Å²) >= 11 is 1.81. The molecule has 1 saturated heterocycles. The van der Waals surface area contributed by atoms with Crippen molar-refractivity contribution in [1.82, 2.24) is 9.88 Å². The van der Waals surface area contributed by atoms with Gasteiger partial charge in [-0.25, -0.2) is 4.98 Å². The van der Waals surface area contributed by atoms with Crippen LogP contribution in [-0.4, -0.2) is 29.5 Å². The van der Waals surface area contributed by atoms with E-state index in [4.69, 9.17) is 5.73 Å². The lowest BCUT2D eigenvalue weighted by Crippen LogP contribution is -2.35. The molecule has 0 amide bonds. The number of piperidine rings is 1. The van der Waals surface area contributed by atoms with Gasteiger partial charge in [-0.2, -0.15) is 0 Å². The van der Waals surface area contributed by atoms with Crippen LogP contribution in [0.1, 0.15) is 36.9 Å². The maximum absolute atomic E-state index is 5.71. The van der Waals surface area contributed by atoms with Crippen molar-refractivity contribution in [3.05, 3.63) is 16.1 Å². The molecule has 3 nitrogen and oxygen atoms in total. The lowest BCUT2D eigenvalue weighted by atomic mass is 9.97. The molecular weight excluding hydrogens is 230 g/mol. The average Bonchev–Trinajstić information content (AvgIpc) is 2.78. The van der Waals surface area contributed by atoms with Crippen molar-refractivity contribution in [2.75, 3.05) is 19.6 Å². The third kappa shape index (κ3) is 3.76. The number of nitrogens with two attached hydrogens (primary N) is 1. The van der Waals surface area contributed by atoms with Crippen molar-refractivity contribution in [3.8, 4) is 0 Å². The first-order valence-electron chi connectivity index (χ1n) is 6.67. The molecule has 0 bridgehead atoms. The highest BCUT2D eigenvalue weighted by molar-refractivity contribution is 7.09. The van der Waals surface area contributed by atoms with Gasteiger partial charge in [0.25, 0.3) is 0 Å². The maximum atomic E-state index is 5.71. The molecule has 0 aromatic carbocycles. The van der Waals surface area contributed by atoms with E-state index in [2.05, 4.69) is 22.2 Å². The van der Waals surface area contributed by atoms with Gasteiger partial charge in [-0.15, -0.1) is 11.3 Å². The largest absolute Gasteiger partial charge is 0.330 e. The summed E-state index contributed by atoms with van der Waals surface area (Å²) in [7, 11) is 0. The molecule has 0 unspecified atom stereocenters. The smallest absolute Gasteiger partial charge is 0.0928 e. The highest BCUT2D eigenvalue weighted by Gasteiger charge is 2.18. The lowest BCUT2D eigenvalue weighted by Gasteiger charge is -2.30. The van der Waals surface area contributed by atoms with Crippen molar-refractivity contribution < 1.29 is 0 Å². The third-order valence-corrected chi connectivity index (χ3v) is 4.45. The van der Waals surface area contributed by atoms with Crippen LogP contribution in [0.2, 0.25) is 0 Å². The van der Waals surface area contributed by atoms with Crippen LogP contribution < -0.4 is 5.73 Å². The zero-order valence-corrected chi connectivity index (χ0v) is 11.5. The highest BCUT2D eigenvalue weighted by atomic mass is 32.1. The van der Waals surface area contributed by atoms with E-state index in [-0.39, 0.29) is 0 Å². The van der Waals surface area contributed by atoms with E-state index < -0.39 is 0 Å². The second kappa shape index (κ2) is 6.47. The first-order valence-corrected chi connectivity index (χ1v) is 7.55. The summed E-state index contributed by atoms with van der Waals surface area (Å²) in [5.74, 6) is 0.748. The number of thiazole rings is 1. The molecule has 0 spiro atoms. The summed E-state index contributed by atoms with van der Waals surface area (Å²) in [6.07, 6.45) is 4.82. The number of likely N-dealkylation sites (tertiary alicyclic amines) is 1. The molecule has 0 aliphatic carbocycles. The standard InChI is InChI=1S/C13H23N3S/c1-2-3-13-15-12(10-17-13)9-16-6-4-11(8-14)5-7-16/h10-11H,2-9,14H2,1H3. The molecule has 0 saturated carbocycles. The first-order chi connectivity index (χ1) is 8.31. The Bertz CT molecular complexity index is 329. The van der Waals surface area contributed by atoms with Gasteiger partial charge in [0.15, 0.2) is 0 Å². The van der Waals surface area contributed by atoms with Gasteiger partial charge in [-0.3, -0.25) is 4.90 Å². The predicted molar refractivity (Wildman–Crippen MR) is 73.2 cm³/mol. The van der Waals surface area contributed by atoms with Gasteiger partial charge in [0.1, 0.15) is 0 Å². The molecule has 4 heteroatoms. The Labute approximate surface area is 108 Å². The topological polar surface area (TPSA) is 42.2 Å². The second-order valence-electron chi connectivity index (χ2n) is 4.94. The Morgan fingerprint density at radius 2 is 2.24 bits per heavy atom. The molecule has 1 aromatic rings. The third-order valence-electron chi connectivity index (χ3n) is 3.49. The summed E-state index contributed by atoms with van der Waals surface area (Å²) in [6, 6.07) is 0. The van der Waals surface area contributed by atoms with Gasteiger partial charge < -0.3 is 5.73 Å². The van der Waals surface area contributed by atoms with Crippen molar-refractivity contribution >= 4 is 11.3 Å². The van der Waals surface area contributed by atoms with Crippen LogP contribution in [-0.2, 0) is 13.0 Å². The van der Waals surface area contributed by atoms with Crippen LogP contribution in [0.25, 0.3) is 0 Å². The van der Waals surface area contributed by atoms with Gasteiger partial charge >= 0.3 is 0 Å². The lowest BCUT2D eigenvalue weighted by molar-refractivity contribution is 0.179. The quantitative estimate of drug-likeness (QED) is 0.875. The van der Waals surface area contributed by atoms with E-state index in [1.54, 1.807) is 0 Å². The number of aryl methyl sites for hydroxylation is 1. The predicted octanol–water partition coefficient (Wildman–Crippen LogP) is 2.27. The summed E-state index contributed by atoms with van der Waals surface area (Å²) in [6.45, 7) is 6.45. The molecular formula is C13H23N3S. The molecule has 1 aromatic heterocycles. The van der Waals surface area contributed by atoms with Crippen LogP contribution in [0.5, 0.6) is 0 Å². The Morgan fingerprint density at radius 3 is 2.88 bits per heavy atom. The van der Waals surface area contributed by atoms with Crippen LogP contribution in [0.15, 0.2) is 5.38 Å². The molecule has 2 heterocycles. The van der Waals surface area contributed by atoms with E-state index in [0.717, 1.165) is 25.4 Å². The minimum Gasteiger partial charge on any atom is -0.330 e. The van der Waals surface area contributed by atoms with E-state index >= 15 is 0 Å². The molecule has 2 N–H and O–H groups in total. The van der Waals surface area contributed by atoms with Gasteiger partial charge in [0.2, 0.25) is 0 Å². The Kier molecular flexibility index (Phi) is 4.95. The summed E-state index contributed by atoms with van der Waals surface area (Å²) in [4.78, 5) is 7.20. The maximum Gasteiger partial charge on any atom is 0.0928 e. The Morgan fingerprint density at radius 1 is 1.47 bits per heavy atom. The molecule has 1 fully saturated rings. The Balaban J connectivity index is 1.80. The van der Waals surface area contributed by atoms with Gasteiger partial charge in [-0.1, -0.05) is 6.92 Å². The molecule has 0 atom stereocenters. The first kappa shape index (κ1) is 13.0. The van der Waals surface area contributed by atoms with Gasteiger partial charge in [0, 0.05) is 11.9 Å². The fourth-order valence-corrected chi connectivity index (χ4v) is 3.25. The van der Waals surface area contributed by atoms with Crippen LogP contribution in [0, 0.1) is 5.92 Å². The summed E-state index contributed by atoms with van der Waals surface area (Å²) in [5, 5.41) is 3.51. The monoisotopic (exact) mass is 253 g/mol. The Hall–Kier alpha value is -0.450. The van der Waals surface area contributed by atoms with Crippen molar-refractivity contribution in [2.24, 2.45) is 11.7 Å². The van der Waals surface area contributed by atoms with E-state index in [9.17, 15) is 0 Å². The molecule has 1 aliphatic rings. The highest BCUT2D eigenvalue weighted by Crippen LogP contribution is 2.19. The van der Waals surface area contributed by atoms with Gasteiger partial charge in [0.05, 0.1) is 10.7 Å². The molecule has 96 valence electrons. The van der Waals surface area contributed by atoms with Crippen LogP contribution in [0.3, 0.4) is 0 Å². The molecule has 0 radical (unpaired) electrons. The van der Waals surface area contributed by atoms with Crippen molar-refractivity contribution in [3.63, 3.8) is 0 Å². The van der Waals surface area contributed by atoms with Crippen LogP contribution >= 0.6 is 11.3 Å². The molecule has 1 aliphatic heterocycles. The minimum atomic E-state index is 0.748. The van der Waals surface area contributed by atoms with Crippen LogP contribution in [0.4, 0.5) is 0 Å². The molecule has 17 heavy (non-hydrogen) atoms. The number of aromatic nitrogens is 1. The SMILES string of the molecule is CCCc1nc(CN2CCC(CN)CC2)cs1. The number of hydrogen-bond donors (Lipinski definition) is 1. The fourth-order valence-electron chi connectivity index (χ4n) is 2.36. The number of rotatable bonds is 5. The minimum absolute atomic E-state index is 0.748. The summed E-state index contributed by atoms with van der Waals surface area (Å²) in [5.41, 5.74) is 6.96. The van der Waals surface area contributed by atoms with Crippen molar-refractivity contribution in [2.45, 2.75) is 39.2 Å². The fraction of sp³-hybridized carbons (Fsp3) is 0.769. The average molecular weight is 253 g/mol. The zero-order chi connectivity index (χ0) is 12.1. The molecule has 2 rings (SSSR count). The second-order valence-corrected chi connectivity index (χ2v) is 5.88. The van der Waals surface area contributed by atoms with Crippen molar-refractivity contribution in [1.29, 1.82) is 0 Å².